The maximum Gasteiger partial charge on any atom is 0.271 e. The van der Waals surface area contributed by atoms with Gasteiger partial charge in [0.25, 0.3) is 5.69 Å². The first-order valence-corrected chi connectivity index (χ1v) is 9.02. The molecule has 0 unspecified atom stereocenters. The molecule has 6 nitrogen and oxygen atoms in total. The topological polar surface area (TPSA) is 72.5 Å². The van der Waals surface area contributed by atoms with Crippen LogP contribution < -0.4 is 5.43 Å². The Morgan fingerprint density at radius 2 is 1.88 bits per heavy atom. The number of hydrogen-bond donors (Lipinski definition) is 1. The van der Waals surface area contributed by atoms with E-state index in [1.54, 1.807) is 18.3 Å². The maximum atomic E-state index is 10.8. The summed E-state index contributed by atoms with van der Waals surface area (Å²) in [7, 11) is 0. The van der Waals surface area contributed by atoms with Crippen LogP contribution in [0.1, 0.15) is 17.0 Å². The zero-order chi connectivity index (χ0) is 18.7. The van der Waals surface area contributed by atoms with Crippen molar-refractivity contribution in [3.63, 3.8) is 0 Å². The number of halogens is 1. The smallest absolute Gasteiger partial charge is 0.271 e. The lowest BCUT2D eigenvalue weighted by Crippen LogP contribution is -1.99. The van der Waals surface area contributed by atoms with Crippen molar-refractivity contribution < 1.29 is 4.92 Å². The third-order valence-corrected chi connectivity index (χ3v) is 4.73. The van der Waals surface area contributed by atoms with E-state index in [2.05, 4.69) is 74.9 Å². The van der Waals surface area contributed by atoms with Crippen molar-refractivity contribution in [3.05, 3.63) is 85.2 Å². The molecule has 0 atom stereocenters. The minimum atomic E-state index is -0.427. The fourth-order valence-electron chi connectivity index (χ4n) is 2.77. The molecule has 0 amide bonds. The Morgan fingerprint density at radius 1 is 1.15 bits per heavy atom. The molecule has 1 N–H and O–H groups in total. The highest BCUT2D eigenvalue weighted by molar-refractivity contribution is 14.1. The Balaban J connectivity index is 1.81. The van der Waals surface area contributed by atoms with Gasteiger partial charge >= 0.3 is 0 Å². The van der Waals surface area contributed by atoms with Crippen molar-refractivity contribution in [1.29, 1.82) is 0 Å². The summed E-state index contributed by atoms with van der Waals surface area (Å²) in [6.45, 7) is 4.09. The summed E-state index contributed by atoms with van der Waals surface area (Å²) in [5.74, 6) is 0. The van der Waals surface area contributed by atoms with Crippen molar-refractivity contribution in [2.75, 3.05) is 5.43 Å². The van der Waals surface area contributed by atoms with E-state index in [9.17, 15) is 10.1 Å². The number of aromatic nitrogens is 1. The zero-order valence-electron chi connectivity index (χ0n) is 14.3. The molecule has 7 heteroatoms. The van der Waals surface area contributed by atoms with Crippen molar-refractivity contribution >= 4 is 40.2 Å². The van der Waals surface area contributed by atoms with Crippen LogP contribution in [0.3, 0.4) is 0 Å². The molecule has 0 aliphatic heterocycles. The number of hydrogen-bond acceptors (Lipinski definition) is 4. The van der Waals surface area contributed by atoms with Crippen LogP contribution in [0.15, 0.2) is 59.7 Å². The Morgan fingerprint density at radius 3 is 2.58 bits per heavy atom. The minimum Gasteiger partial charge on any atom is -0.318 e. The van der Waals surface area contributed by atoms with Gasteiger partial charge in [-0.1, -0.05) is 6.07 Å². The van der Waals surface area contributed by atoms with E-state index in [0.717, 1.165) is 22.6 Å². The number of aryl methyl sites for hydroxylation is 1. The molecule has 0 saturated carbocycles. The van der Waals surface area contributed by atoms with Gasteiger partial charge in [-0.15, -0.1) is 0 Å². The van der Waals surface area contributed by atoms with Crippen LogP contribution in [0.25, 0.3) is 5.69 Å². The molecule has 0 fully saturated rings. The van der Waals surface area contributed by atoms with Crippen LogP contribution in [0.5, 0.6) is 0 Å². The highest BCUT2D eigenvalue weighted by Gasteiger charge is 2.09. The number of nitro benzene ring substituents is 1. The summed E-state index contributed by atoms with van der Waals surface area (Å²) in [4.78, 5) is 10.4. The van der Waals surface area contributed by atoms with Crippen molar-refractivity contribution in [1.82, 2.24) is 4.57 Å². The number of rotatable bonds is 5. The third-order valence-electron chi connectivity index (χ3n) is 4.01. The van der Waals surface area contributed by atoms with Gasteiger partial charge in [0.2, 0.25) is 0 Å². The summed E-state index contributed by atoms with van der Waals surface area (Å²) in [6, 6.07) is 16.6. The van der Waals surface area contributed by atoms with Crippen LogP contribution >= 0.6 is 22.6 Å². The van der Waals surface area contributed by atoms with E-state index in [0.29, 0.717) is 5.69 Å². The number of hydrazone groups is 1. The second-order valence-corrected chi connectivity index (χ2v) is 7.06. The highest BCUT2D eigenvalue weighted by Crippen LogP contribution is 2.21. The van der Waals surface area contributed by atoms with Gasteiger partial charge in [-0.3, -0.25) is 15.5 Å². The van der Waals surface area contributed by atoms with E-state index in [4.69, 9.17) is 0 Å². The number of nitro groups is 1. The monoisotopic (exact) mass is 460 g/mol. The molecule has 26 heavy (non-hydrogen) atoms. The summed E-state index contributed by atoms with van der Waals surface area (Å²) >= 11 is 2.29. The molecule has 0 saturated heterocycles. The fraction of sp³-hybridized carbons (Fsp3) is 0.105. The predicted octanol–water partition coefficient (Wildman–Crippen LogP) is 5.05. The van der Waals surface area contributed by atoms with Crippen LogP contribution in [-0.2, 0) is 0 Å². The standard InChI is InChI=1S/C19H17IN4O2/c1-13-10-15(14(2)23(13)18-8-6-16(20)7-9-18)12-21-22-17-4-3-5-19(11-17)24(25)26/h3-12,22H,1-2H3/b21-12-. The first-order chi connectivity index (χ1) is 12.5. The van der Waals surface area contributed by atoms with Gasteiger partial charge in [-0.05, 0) is 72.8 Å². The third kappa shape index (κ3) is 3.93. The molecular formula is C19H17IN4O2. The Bertz CT molecular complexity index is 978. The zero-order valence-corrected chi connectivity index (χ0v) is 16.5. The van der Waals surface area contributed by atoms with Crippen LogP contribution in [-0.4, -0.2) is 15.7 Å². The largest absolute Gasteiger partial charge is 0.318 e. The molecule has 0 bridgehead atoms. The number of nitrogens with one attached hydrogen (secondary N) is 1. The molecule has 0 aliphatic carbocycles. The summed E-state index contributed by atoms with van der Waals surface area (Å²) in [6.07, 6.45) is 1.73. The summed E-state index contributed by atoms with van der Waals surface area (Å²) in [5, 5.41) is 15.0. The number of anilines is 1. The number of nitrogens with zero attached hydrogens (tertiary/aromatic N) is 3. The Labute approximate surface area is 164 Å². The van der Waals surface area contributed by atoms with Crippen LogP contribution in [0.2, 0.25) is 0 Å². The SMILES string of the molecule is Cc1cc(/C=N\Nc2cccc([N+](=O)[O-])c2)c(C)n1-c1ccc(I)cc1. The van der Waals surface area contributed by atoms with Crippen molar-refractivity contribution in [3.8, 4) is 5.69 Å². The van der Waals surface area contributed by atoms with Gasteiger partial charge in [0.05, 0.1) is 16.8 Å². The lowest BCUT2D eigenvalue weighted by atomic mass is 10.2. The molecule has 3 rings (SSSR count). The van der Waals surface area contributed by atoms with Gasteiger partial charge in [0.1, 0.15) is 0 Å². The molecule has 1 heterocycles. The lowest BCUT2D eigenvalue weighted by molar-refractivity contribution is -0.384. The first kappa shape index (κ1) is 18.1. The average Bonchev–Trinajstić information content (AvgIpc) is 2.90. The van der Waals surface area contributed by atoms with Crippen molar-refractivity contribution in [2.24, 2.45) is 5.10 Å². The van der Waals surface area contributed by atoms with E-state index in [1.807, 2.05) is 6.92 Å². The normalized spacial score (nSPS) is 11.0. The number of benzene rings is 2. The minimum absolute atomic E-state index is 0.0297. The molecule has 0 spiro atoms. The van der Waals surface area contributed by atoms with E-state index in [-0.39, 0.29) is 5.69 Å². The summed E-state index contributed by atoms with van der Waals surface area (Å²) in [5.41, 5.74) is 7.72. The van der Waals surface area contributed by atoms with E-state index < -0.39 is 4.92 Å². The van der Waals surface area contributed by atoms with Gasteiger partial charge in [-0.2, -0.15) is 5.10 Å². The van der Waals surface area contributed by atoms with E-state index in [1.165, 1.54) is 15.7 Å². The molecule has 1 aromatic heterocycles. The lowest BCUT2D eigenvalue weighted by Gasteiger charge is -2.09. The maximum absolute atomic E-state index is 10.8. The number of non-ortho nitro benzene ring substituents is 1. The molecule has 132 valence electrons. The van der Waals surface area contributed by atoms with Gasteiger partial charge in [0.15, 0.2) is 0 Å². The second kappa shape index (κ2) is 7.69. The summed E-state index contributed by atoms with van der Waals surface area (Å²) < 4.78 is 3.36. The predicted molar refractivity (Wildman–Crippen MR) is 112 cm³/mol. The quantitative estimate of drug-likeness (QED) is 0.251. The Hall–Kier alpha value is -2.68. The van der Waals surface area contributed by atoms with Gasteiger partial charge in [-0.25, -0.2) is 0 Å². The molecule has 2 aromatic carbocycles. The second-order valence-electron chi connectivity index (χ2n) is 5.82. The van der Waals surface area contributed by atoms with Crippen molar-refractivity contribution in [2.45, 2.75) is 13.8 Å². The molecule has 0 aliphatic rings. The van der Waals surface area contributed by atoms with E-state index >= 15 is 0 Å². The van der Waals surface area contributed by atoms with Gasteiger partial charge < -0.3 is 4.57 Å². The van der Waals surface area contributed by atoms with Gasteiger partial charge in [0, 0.05) is 38.3 Å². The average molecular weight is 460 g/mol. The first-order valence-electron chi connectivity index (χ1n) is 7.94. The molecular weight excluding hydrogens is 443 g/mol. The Kier molecular flexibility index (Phi) is 5.36. The highest BCUT2D eigenvalue weighted by atomic mass is 127. The van der Waals surface area contributed by atoms with Crippen LogP contribution in [0.4, 0.5) is 11.4 Å². The molecule has 0 radical (unpaired) electrons. The van der Waals surface area contributed by atoms with Crippen LogP contribution in [0, 0.1) is 27.5 Å². The molecule has 3 aromatic rings. The fourth-order valence-corrected chi connectivity index (χ4v) is 3.13.